The van der Waals surface area contributed by atoms with Crippen molar-refractivity contribution in [2.24, 2.45) is 0 Å². The van der Waals surface area contributed by atoms with E-state index in [1.54, 1.807) is 0 Å². The molecule has 1 N–H and O–H groups in total. The van der Waals surface area contributed by atoms with E-state index in [0.717, 1.165) is 12.8 Å². The molecule has 0 spiro atoms. The maximum atomic E-state index is 11.2. The Balaban J connectivity index is 2.04. The molecular formula is C7H14ClNO3S. The Hall–Kier alpha value is 0.160. The molecule has 0 aromatic heterocycles. The molecule has 0 saturated heterocycles. The van der Waals surface area contributed by atoms with E-state index in [1.165, 1.54) is 0 Å². The minimum Gasteiger partial charge on any atom is -0.379 e. The monoisotopic (exact) mass is 227 g/mol. The van der Waals surface area contributed by atoms with Crippen LogP contribution in [0, 0.1) is 0 Å². The minimum absolute atomic E-state index is 0.152. The van der Waals surface area contributed by atoms with Crippen LogP contribution in [0.2, 0.25) is 0 Å². The summed E-state index contributed by atoms with van der Waals surface area (Å²) in [5, 5.41) is -0.152. The summed E-state index contributed by atoms with van der Waals surface area (Å²) in [6.45, 7) is 1.20. The summed E-state index contributed by atoms with van der Waals surface area (Å²) in [4.78, 5) is 0. The molecule has 0 bridgehead atoms. The van der Waals surface area contributed by atoms with Crippen molar-refractivity contribution in [3.05, 3.63) is 0 Å². The van der Waals surface area contributed by atoms with E-state index >= 15 is 0 Å². The van der Waals surface area contributed by atoms with Gasteiger partial charge in [0.2, 0.25) is 10.0 Å². The molecule has 0 aromatic carbocycles. The number of nitrogens with one attached hydrogen (secondary N) is 1. The average Bonchev–Trinajstić information content (AvgIpc) is 2.86. The molecular weight excluding hydrogens is 214 g/mol. The van der Waals surface area contributed by atoms with Crippen molar-refractivity contribution >= 4 is 21.6 Å². The molecule has 1 aliphatic rings. The second kappa shape index (κ2) is 5.14. The van der Waals surface area contributed by atoms with E-state index in [-0.39, 0.29) is 5.25 Å². The van der Waals surface area contributed by atoms with Gasteiger partial charge in [-0.1, -0.05) is 0 Å². The molecule has 0 amide bonds. The van der Waals surface area contributed by atoms with Crippen LogP contribution in [0.3, 0.4) is 0 Å². The van der Waals surface area contributed by atoms with Gasteiger partial charge in [-0.05, 0) is 12.8 Å². The molecule has 0 unspecified atom stereocenters. The summed E-state index contributed by atoms with van der Waals surface area (Å²) in [5.41, 5.74) is 0. The lowest BCUT2D eigenvalue weighted by molar-refractivity contribution is 0.155. The van der Waals surface area contributed by atoms with Crippen LogP contribution in [0.5, 0.6) is 0 Å². The van der Waals surface area contributed by atoms with Gasteiger partial charge in [-0.25, -0.2) is 13.1 Å². The SMILES string of the molecule is O=S(=O)(NCCOCCCl)C1CC1. The van der Waals surface area contributed by atoms with Crippen LogP contribution >= 0.6 is 11.6 Å². The molecule has 1 saturated carbocycles. The van der Waals surface area contributed by atoms with Crippen LogP contribution in [-0.4, -0.2) is 39.3 Å². The van der Waals surface area contributed by atoms with E-state index in [9.17, 15) is 8.42 Å². The van der Waals surface area contributed by atoms with E-state index in [0.29, 0.717) is 25.6 Å². The van der Waals surface area contributed by atoms with Crippen LogP contribution in [0.25, 0.3) is 0 Å². The van der Waals surface area contributed by atoms with Crippen LogP contribution < -0.4 is 4.72 Å². The number of alkyl halides is 1. The minimum atomic E-state index is -3.04. The quantitative estimate of drug-likeness (QED) is 0.504. The first-order chi connectivity index (χ1) is 6.17. The molecule has 13 heavy (non-hydrogen) atoms. The summed E-state index contributed by atoms with van der Waals surface area (Å²) < 4.78 is 30.0. The first-order valence-corrected chi connectivity index (χ1v) is 6.37. The standard InChI is InChI=1S/C7H14ClNO3S/c8-3-5-12-6-4-9-13(10,11)7-1-2-7/h7,9H,1-6H2. The van der Waals surface area contributed by atoms with E-state index in [4.69, 9.17) is 16.3 Å². The Bertz CT molecular complexity index is 238. The van der Waals surface area contributed by atoms with Gasteiger partial charge in [-0.15, -0.1) is 11.6 Å². The van der Waals surface area contributed by atoms with Gasteiger partial charge in [-0.3, -0.25) is 0 Å². The highest BCUT2D eigenvalue weighted by Gasteiger charge is 2.35. The van der Waals surface area contributed by atoms with E-state index in [2.05, 4.69) is 4.72 Å². The topological polar surface area (TPSA) is 55.4 Å². The Morgan fingerprint density at radius 1 is 1.38 bits per heavy atom. The van der Waals surface area contributed by atoms with Gasteiger partial charge >= 0.3 is 0 Å². The molecule has 4 nitrogen and oxygen atoms in total. The van der Waals surface area contributed by atoms with Gasteiger partial charge in [0, 0.05) is 12.4 Å². The molecule has 1 rings (SSSR count). The number of ether oxygens (including phenoxy) is 1. The van der Waals surface area contributed by atoms with E-state index in [1.807, 2.05) is 0 Å². The van der Waals surface area contributed by atoms with Crippen molar-refractivity contribution in [3.8, 4) is 0 Å². The van der Waals surface area contributed by atoms with Gasteiger partial charge in [0.1, 0.15) is 0 Å². The van der Waals surface area contributed by atoms with Gasteiger partial charge in [-0.2, -0.15) is 0 Å². The highest BCUT2D eigenvalue weighted by Crippen LogP contribution is 2.27. The van der Waals surface area contributed by atoms with Crippen molar-refractivity contribution in [1.82, 2.24) is 4.72 Å². The van der Waals surface area contributed by atoms with Crippen LogP contribution in [-0.2, 0) is 14.8 Å². The Kier molecular flexibility index (Phi) is 4.45. The van der Waals surface area contributed by atoms with Crippen LogP contribution in [0.4, 0.5) is 0 Å². The van der Waals surface area contributed by atoms with Crippen molar-refractivity contribution < 1.29 is 13.2 Å². The van der Waals surface area contributed by atoms with Gasteiger partial charge < -0.3 is 4.74 Å². The van der Waals surface area contributed by atoms with E-state index < -0.39 is 10.0 Å². The largest absolute Gasteiger partial charge is 0.379 e. The molecule has 1 aliphatic carbocycles. The maximum Gasteiger partial charge on any atom is 0.214 e. The van der Waals surface area contributed by atoms with Crippen molar-refractivity contribution in [2.45, 2.75) is 18.1 Å². The highest BCUT2D eigenvalue weighted by molar-refractivity contribution is 7.90. The van der Waals surface area contributed by atoms with Crippen molar-refractivity contribution in [2.75, 3.05) is 25.6 Å². The first-order valence-electron chi connectivity index (χ1n) is 4.29. The van der Waals surface area contributed by atoms with Gasteiger partial charge in [0.15, 0.2) is 0 Å². The molecule has 0 aromatic rings. The van der Waals surface area contributed by atoms with Crippen molar-refractivity contribution in [1.29, 1.82) is 0 Å². The molecule has 0 heterocycles. The predicted molar refractivity (Wildman–Crippen MR) is 51.5 cm³/mol. The highest BCUT2D eigenvalue weighted by atomic mass is 35.5. The Labute approximate surface area is 83.7 Å². The zero-order chi connectivity index (χ0) is 9.73. The third kappa shape index (κ3) is 4.26. The second-order valence-corrected chi connectivity index (χ2v) is 5.36. The Morgan fingerprint density at radius 3 is 2.62 bits per heavy atom. The molecule has 0 radical (unpaired) electrons. The zero-order valence-corrected chi connectivity index (χ0v) is 8.90. The Morgan fingerprint density at radius 2 is 2.08 bits per heavy atom. The maximum absolute atomic E-state index is 11.2. The lowest BCUT2D eigenvalue weighted by Gasteiger charge is -2.04. The summed E-state index contributed by atoms with van der Waals surface area (Å²) in [7, 11) is -3.04. The molecule has 0 aliphatic heterocycles. The van der Waals surface area contributed by atoms with Crippen molar-refractivity contribution in [3.63, 3.8) is 0 Å². The lowest BCUT2D eigenvalue weighted by Crippen LogP contribution is -2.30. The normalized spacial score (nSPS) is 17.6. The summed E-state index contributed by atoms with van der Waals surface area (Å²) in [5.74, 6) is 0.440. The number of rotatable bonds is 7. The predicted octanol–water partition coefficient (Wildman–Crippen LogP) is 0.324. The number of hydrogen-bond donors (Lipinski definition) is 1. The summed E-state index contributed by atoms with van der Waals surface area (Å²) in [6.07, 6.45) is 1.58. The molecule has 6 heteroatoms. The first kappa shape index (κ1) is 11.2. The van der Waals surface area contributed by atoms with Gasteiger partial charge in [0.25, 0.3) is 0 Å². The fourth-order valence-corrected chi connectivity index (χ4v) is 2.38. The van der Waals surface area contributed by atoms with Crippen LogP contribution in [0.15, 0.2) is 0 Å². The lowest BCUT2D eigenvalue weighted by atomic mass is 10.7. The van der Waals surface area contributed by atoms with Gasteiger partial charge in [0.05, 0.1) is 18.5 Å². The molecule has 0 atom stereocenters. The summed E-state index contributed by atoms with van der Waals surface area (Å²) in [6, 6.07) is 0. The number of hydrogen-bond acceptors (Lipinski definition) is 3. The third-order valence-corrected chi connectivity index (χ3v) is 3.84. The fourth-order valence-electron chi connectivity index (χ4n) is 0.909. The summed E-state index contributed by atoms with van der Waals surface area (Å²) >= 11 is 5.37. The average molecular weight is 228 g/mol. The number of sulfonamides is 1. The smallest absolute Gasteiger partial charge is 0.214 e. The molecule has 78 valence electrons. The van der Waals surface area contributed by atoms with Crippen LogP contribution in [0.1, 0.15) is 12.8 Å². The third-order valence-electron chi connectivity index (χ3n) is 1.73. The fraction of sp³-hybridized carbons (Fsp3) is 1.00. The molecule has 1 fully saturated rings. The second-order valence-electron chi connectivity index (χ2n) is 2.94. The number of halogens is 1. The zero-order valence-electron chi connectivity index (χ0n) is 7.33.